The number of hydrogen-bond acceptors (Lipinski definition) is 2. The van der Waals surface area contributed by atoms with E-state index in [9.17, 15) is 4.79 Å². The lowest BCUT2D eigenvalue weighted by atomic mass is 10.2. The van der Waals surface area contributed by atoms with Gasteiger partial charge in [0.15, 0.2) is 0 Å². The quantitative estimate of drug-likeness (QED) is 0.858. The number of rotatable bonds is 4. The van der Waals surface area contributed by atoms with Crippen LogP contribution in [0, 0.1) is 0 Å². The summed E-state index contributed by atoms with van der Waals surface area (Å²) in [6.07, 6.45) is 3.25. The van der Waals surface area contributed by atoms with Crippen LogP contribution in [0.5, 0.6) is 0 Å². The Bertz CT molecular complexity index is 390. The van der Waals surface area contributed by atoms with E-state index in [0.717, 1.165) is 10.0 Å². The van der Waals surface area contributed by atoms with E-state index < -0.39 is 0 Å². The molecule has 0 aliphatic rings. The highest BCUT2D eigenvalue weighted by molar-refractivity contribution is 9.10. The lowest BCUT2D eigenvalue weighted by molar-refractivity contribution is -0.125. The number of halogens is 1. The van der Waals surface area contributed by atoms with Gasteiger partial charge < -0.3 is 10.0 Å². The molecule has 0 unspecified atom stereocenters. The monoisotopic (exact) mass is 283 g/mol. The van der Waals surface area contributed by atoms with Gasteiger partial charge in [0.2, 0.25) is 5.91 Å². The van der Waals surface area contributed by atoms with Crippen molar-refractivity contribution in [1.29, 1.82) is 0 Å². The van der Waals surface area contributed by atoms with Gasteiger partial charge in [-0.1, -0.05) is 34.1 Å². The highest BCUT2D eigenvalue weighted by Crippen LogP contribution is 2.17. The SMILES string of the molecule is CN(CCO)C(=O)/C=C/c1ccccc1Br. The molecule has 3 nitrogen and oxygen atoms in total. The van der Waals surface area contributed by atoms with Crippen molar-refractivity contribution < 1.29 is 9.90 Å². The number of likely N-dealkylation sites (N-methyl/N-ethyl adjacent to an activating group) is 1. The molecule has 0 radical (unpaired) electrons. The molecule has 0 spiro atoms. The molecule has 0 aromatic heterocycles. The minimum atomic E-state index is -0.121. The van der Waals surface area contributed by atoms with E-state index in [1.54, 1.807) is 13.1 Å². The topological polar surface area (TPSA) is 40.5 Å². The van der Waals surface area contributed by atoms with Gasteiger partial charge in [-0.3, -0.25) is 4.79 Å². The first kappa shape index (κ1) is 12.9. The molecule has 4 heteroatoms. The number of carbonyl (C=O) groups is 1. The fourth-order valence-corrected chi connectivity index (χ4v) is 1.58. The molecule has 0 heterocycles. The second-order valence-electron chi connectivity index (χ2n) is 3.34. The molecule has 16 heavy (non-hydrogen) atoms. The Hall–Kier alpha value is -1.13. The fraction of sp³-hybridized carbons (Fsp3) is 0.250. The summed E-state index contributed by atoms with van der Waals surface area (Å²) < 4.78 is 0.948. The summed E-state index contributed by atoms with van der Waals surface area (Å²) in [5.41, 5.74) is 0.952. The molecule has 1 rings (SSSR count). The van der Waals surface area contributed by atoms with Crippen LogP contribution in [-0.2, 0) is 4.79 Å². The maximum atomic E-state index is 11.5. The normalized spacial score (nSPS) is 10.7. The number of aliphatic hydroxyl groups is 1. The van der Waals surface area contributed by atoms with Gasteiger partial charge in [0.05, 0.1) is 6.61 Å². The Kier molecular flexibility index (Phi) is 5.22. The van der Waals surface area contributed by atoms with Gasteiger partial charge >= 0.3 is 0 Å². The molecular formula is C12H14BrNO2. The lowest BCUT2D eigenvalue weighted by Gasteiger charge is -2.12. The summed E-state index contributed by atoms with van der Waals surface area (Å²) >= 11 is 3.40. The molecule has 0 saturated carbocycles. The third-order valence-corrected chi connectivity index (χ3v) is 2.84. The Balaban J connectivity index is 2.67. The molecule has 86 valence electrons. The van der Waals surface area contributed by atoms with Gasteiger partial charge in [0.1, 0.15) is 0 Å². The zero-order valence-electron chi connectivity index (χ0n) is 9.06. The van der Waals surface area contributed by atoms with Crippen molar-refractivity contribution in [3.8, 4) is 0 Å². The predicted molar refractivity (Wildman–Crippen MR) is 67.9 cm³/mol. The van der Waals surface area contributed by atoms with Crippen LogP contribution in [0.3, 0.4) is 0 Å². The first-order chi connectivity index (χ1) is 7.65. The molecular weight excluding hydrogens is 270 g/mol. The van der Waals surface area contributed by atoms with Crippen LogP contribution in [0.4, 0.5) is 0 Å². The van der Waals surface area contributed by atoms with Gasteiger partial charge in [0.25, 0.3) is 0 Å². The number of nitrogens with zero attached hydrogens (tertiary/aromatic N) is 1. The highest BCUT2D eigenvalue weighted by Gasteiger charge is 2.03. The van der Waals surface area contributed by atoms with Gasteiger partial charge in [-0.2, -0.15) is 0 Å². The van der Waals surface area contributed by atoms with Gasteiger partial charge in [0, 0.05) is 24.1 Å². The number of carbonyl (C=O) groups excluding carboxylic acids is 1. The maximum Gasteiger partial charge on any atom is 0.246 e. The lowest BCUT2D eigenvalue weighted by Crippen LogP contribution is -2.27. The van der Waals surface area contributed by atoms with E-state index >= 15 is 0 Å². The third kappa shape index (κ3) is 3.79. The van der Waals surface area contributed by atoms with Gasteiger partial charge in [-0.25, -0.2) is 0 Å². The van der Waals surface area contributed by atoms with E-state index in [1.807, 2.05) is 24.3 Å². The number of hydrogen-bond donors (Lipinski definition) is 1. The van der Waals surface area contributed by atoms with E-state index in [2.05, 4.69) is 15.9 Å². The molecule has 0 atom stereocenters. The smallest absolute Gasteiger partial charge is 0.246 e. The van der Waals surface area contributed by atoms with Crippen molar-refractivity contribution in [3.63, 3.8) is 0 Å². The van der Waals surface area contributed by atoms with Crippen molar-refractivity contribution in [2.45, 2.75) is 0 Å². The molecule has 0 fully saturated rings. The Morgan fingerprint density at radius 2 is 2.19 bits per heavy atom. The number of benzene rings is 1. The average Bonchev–Trinajstić information content (AvgIpc) is 2.28. The maximum absolute atomic E-state index is 11.5. The second-order valence-corrected chi connectivity index (χ2v) is 4.19. The van der Waals surface area contributed by atoms with Crippen molar-refractivity contribution in [1.82, 2.24) is 4.90 Å². The number of amides is 1. The van der Waals surface area contributed by atoms with Crippen LogP contribution in [0.15, 0.2) is 34.8 Å². The van der Waals surface area contributed by atoms with Crippen LogP contribution < -0.4 is 0 Å². The third-order valence-electron chi connectivity index (χ3n) is 2.12. The van der Waals surface area contributed by atoms with Crippen molar-refractivity contribution in [2.75, 3.05) is 20.2 Å². The van der Waals surface area contributed by atoms with Crippen LogP contribution in [0.25, 0.3) is 6.08 Å². The van der Waals surface area contributed by atoms with Crippen LogP contribution in [0.1, 0.15) is 5.56 Å². The molecule has 0 aliphatic carbocycles. The van der Waals surface area contributed by atoms with Crippen LogP contribution >= 0.6 is 15.9 Å². The summed E-state index contributed by atoms with van der Waals surface area (Å²) in [6, 6.07) is 7.66. The zero-order chi connectivity index (χ0) is 12.0. The van der Waals surface area contributed by atoms with Gasteiger partial charge in [-0.05, 0) is 17.7 Å². The number of aliphatic hydroxyl groups excluding tert-OH is 1. The molecule has 0 saturated heterocycles. The summed E-state index contributed by atoms with van der Waals surface area (Å²) in [4.78, 5) is 13.0. The molecule has 1 aromatic carbocycles. The second kappa shape index (κ2) is 6.45. The predicted octanol–water partition coefficient (Wildman–Crippen LogP) is 1.91. The Labute approximate surface area is 104 Å². The summed E-state index contributed by atoms with van der Waals surface area (Å²) in [5.74, 6) is -0.121. The van der Waals surface area contributed by atoms with Crippen molar-refractivity contribution in [3.05, 3.63) is 40.4 Å². The molecule has 1 aromatic rings. The average molecular weight is 284 g/mol. The first-order valence-electron chi connectivity index (χ1n) is 4.93. The molecule has 1 amide bonds. The minimum absolute atomic E-state index is 0.0227. The Morgan fingerprint density at radius 1 is 1.50 bits per heavy atom. The summed E-state index contributed by atoms with van der Waals surface area (Å²) in [7, 11) is 1.66. The van der Waals surface area contributed by atoms with Crippen molar-refractivity contribution in [2.24, 2.45) is 0 Å². The molecule has 0 aliphatic heterocycles. The van der Waals surface area contributed by atoms with E-state index in [0.29, 0.717) is 6.54 Å². The van der Waals surface area contributed by atoms with Crippen LogP contribution in [-0.4, -0.2) is 36.1 Å². The summed E-state index contributed by atoms with van der Waals surface area (Å²) in [6.45, 7) is 0.324. The van der Waals surface area contributed by atoms with Gasteiger partial charge in [-0.15, -0.1) is 0 Å². The highest BCUT2D eigenvalue weighted by atomic mass is 79.9. The Morgan fingerprint density at radius 3 is 2.81 bits per heavy atom. The molecule has 1 N–H and O–H groups in total. The fourth-order valence-electron chi connectivity index (χ4n) is 1.16. The zero-order valence-corrected chi connectivity index (χ0v) is 10.6. The van der Waals surface area contributed by atoms with E-state index in [1.165, 1.54) is 11.0 Å². The largest absolute Gasteiger partial charge is 0.395 e. The van der Waals surface area contributed by atoms with Crippen LogP contribution in [0.2, 0.25) is 0 Å². The molecule has 0 bridgehead atoms. The standard InChI is InChI=1S/C12H14BrNO2/c1-14(8-9-15)12(16)7-6-10-4-2-3-5-11(10)13/h2-7,15H,8-9H2,1H3/b7-6+. The van der Waals surface area contributed by atoms with E-state index in [-0.39, 0.29) is 12.5 Å². The summed E-state index contributed by atoms with van der Waals surface area (Å²) in [5, 5.41) is 8.69. The first-order valence-corrected chi connectivity index (χ1v) is 5.73. The van der Waals surface area contributed by atoms with Crippen molar-refractivity contribution >= 4 is 27.9 Å². The minimum Gasteiger partial charge on any atom is -0.395 e. The van der Waals surface area contributed by atoms with E-state index in [4.69, 9.17) is 5.11 Å².